The van der Waals surface area contributed by atoms with Gasteiger partial charge in [-0.2, -0.15) is 0 Å². The van der Waals surface area contributed by atoms with Gasteiger partial charge in [0.05, 0.1) is 0 Å². The maximum absolute atomic E-state index is 5.11. The van der Waals surface area contributed by atoms with Gasteiger partial charge in [-0.25, -0.2) is 0 Å². The van der Waals surface area contributed by atoms with Gasteiger partial charge in [0, 0.05) is 13.2 Å². The van der Waals surface area contributed by atoms with E-state index in [1.54, 1.807) is 0 Å². The molecule has 0 unspecified atom stereocenters. The second kappa shape index (κ2) is 5.65. The van der Waals surface area contributed by atoms with Crippen LogP contribution in [0.1, 0.15) is 19.3 Å². The molecule has 0 aromatic carbocycles. The van der Waals surface area contributed by atoms with Gasteiger partial charge in [-0.05, 0) is 19.3 Å². The van der Waals surface area contributed by atoms with Gasteiger partial charge in [-0.15, -0.1) is 0 Å². The van der Waals surface area contributed by atoms with Crippen LogP contribution in [0.5, 0.6) is 0 Å². The summed E-state index contributed by atoms with van der Waals surface area (Å²) in [6.45, 7) is 2.39. The fraction of sp³-hybridized carbons (Fsp3) is 1.00. The summed E-state index contributed by atoms with van der Waals surface area (Å²) in [4.78, 5) is 0. The standard InChI is InChI=1S/C7H14O3/c1-2-4-8-6-10-7-9-5-3-1/h1-7H2. The van der Waals surface area contributed by atoms with Gasteiger partial charge in [-0.1, -0.05) is 0 Å². The van der Waals surface area contributed by atoms with E-state index in [4.69, 9.17) is 14.2 Å². The van der Waals surface area contributed by atoms with E-state index in [0.29, 0.717) is 13.6 Å². The van der Waals surface area contributed by atoms with Gasteiger partial charge in [-0.3, -0.25) is 0 Å². The Morgan fingerprint density at radius 3 is 1.80 bits per heavy atom. The number of rotatable bonds is 0. The number of hydrogen-bond donors (Lipinski definition) is 0. The molecule has 1 heterocycles. The van der Waals surface area contributed by atoms with Crippen LogP contribution in [0.4, 0.5) is 0 Å². The average Bonchev–Trinajstić information content (AvgIpc) is 2.01. The van der Waals surface area contributed by atoms with Crippen LogP contribution in [-0.2, 0) is 14.2 Å². The molecule has 0 N–H and O–H groups in total. The molecule has 1 aliphatic rings. The normalized spacial score (nSPS) is 24.0. The Kier molecular flexibility index (Phi) is 4.51. The molecule has 0 aromatic heterocycles. The van der Waals surface area contributed by atoms with Crippen LogP contribution in [0, 0.1) is 0 Å². The molecule has 0 aliphatic carbocycles. The van der Waals surface area contributed by atoms with E-state index in [0.717, 1.165) is 26.1 Å². The second-order valence-corrected chi connectivity index (χ2v) is 2.32. The number of ether oxygens (including phenoxy) is 3. The zero-order valence-corrected chi connectivity index (χ0v) is 6.17. The van der Waals surface area contributed by atoms with E-state index in [9.17, 15) is 0 Å². The van der Waals surface area contributed by atoms with Crippen molar-refractivity contribution < 1.29 is 14.2 Å². The highest BCUT2D eigenvalue weighted by Gasteiger charge is 1.94. The minimum atomic E-state index is 0.375. The fourth-order valence-electron chi connectivity index (χ4n) is 0.855. The topological polar surface area (TPSA) is 27.7 Å². The molecular weight excluding hydrogens is 132 g/mol. The third-order valence-electron chi connectivity index (χ3n) is 1.41. The first-order valence-corrected chi connectivity index (χ1v) is 3.73. The maximum atomic E-state index is 5.11. The van der Waals surface area contributed by atoms with Crippen molar-refractivity contribution in [2.24, 2.45) is 0 Å². The lowest BCUT2D eigenvalue weighted by Crippen LogP contribution is -2.08. The molecule has 0 aromatic rings. The van der Waals surface area contributed by atoms with Crippen molar-refractivity contribution in [1.29, 1.82) is 0 Å². The maximum Gasteiger partial charge on any atom is 0.149 e. The van der Waals surface area contributed by atoms with Crippen LogP contribution in [-0.4, -0.2) is 26.8 Å². The first-order valence-electron chi connectivity index (χ1n) is 3.73. The van der Waals surface area contributed by atoms with Gasteiger partial charge < -0.3 is 14.2 Å². The van der Waals surface area contributed by atoms with E-state index < -0.39 is 0 Å². The summed E-state index contributed by atoms with van der Waals surface area (Å²) in [5.74, 6) is 0. The molecule has 60 valence electrons. The highest BCUT2D eigenvalue weighted by molar-refractivity contribution is 4.40. The Morgan fingerprint density at radius 2 is 1.20 bits per heavy atom. The Hall–Kier alpha value is -0.120. The van der Waals surface area contributed by atoms with Crippen LogP contribution in [0.2, 0.25) is 0 Å². The predicted molar refractivity (Wildman–Crippen MR) is 36.6 cm³/mol. The number of hydrogen-bond acceptors (Lipinski definition) is 3. The molecule has 0 saturated carbocycles. The minimum Gasteiger partial charge on any atom is -0.355 e. The second-order valence-electron chi connectivity index (χ2n) is 2.32. The summed E-state index contributed by atoms with van der Waals surface area (Å²) >= 11 is 0. The van der Waals surface area contributed by atoms with Gasteiger partial charge in [0.15, 0.2) is 0 Å². The van der Waals surface area contributed by atoms with E-state index in [-0.39, 0.29) is 0 Å². The molecule has 10 heavy (non-hydrogen) atoms. The Morgan fingerprint density at radius 1 is 0.600 bits per heavy atom. The SMILES string of the molecule is C1CCOCOCOCC1. The van der Waals surface area contributed by atoms with Crippen molar-refractivity contribution in [1.82, 2.24) is 0 Å². The van der Waals surface area contributed by atoms with Crippen molar-refractivity contribution in [3.8, 4) is 0 Å². The van der Waals surface area contributed by atoms with E-state index in [2.05, 4.69) is 0 Å². The smallest absolute Gasteiger partial charge is 0.149 e. The Labute approximate surface area is 61.3 Å². The summed E-state index contributed by atoms with van der Waals surface area (Å²) in [6.07, 6.45) is 3.43. The quantitative estimate of drug-likeness (QED) is 0.513. The molecule has 0 radical (unpaired) electrons. The average molecular weight is 146 g/mol. The van der Waals surface area contributed by atoms with E-state index in [1.165, 1.54) is 6.42 Å². The summed E-state index contributed by atoms with van der Waals surface area (Å²) in [5, 5.41) is 0. The highest BCUT2D eigenvalue weighted by atomic mass is 16.7. The molecule has 0 spiro atoms. The van der Waals surface area contributed by atoms with Crippen molar-refractivity contribution >= 4 is 0 Å². The molecule has 0 bridgehead atoms. The third-order valence-corrected chi connectivity index (χ3v) is 1.41. The summed E-state index contributed by atoms with van der Waals surface area (Å²) in [5.41, 5.74) is 0. The van der Waals surface area contributed by atoms with Gasteiger partial charge in [0.1, 0.15) is 13.6 Å². The highest BCUT2D eigenvalue weighted by Crippen LogP contribution is 1.98. The van der Waals surface area contributed by atoms with Gasteiger partial charge in [0.25, 0.3) is 0 Å². The fourth-order valence-corrected chi connectivity index (χ4v) is 0.855. The monoisotopic (exact) mass is 146 g/mol. The molecule has 1 rings (SSSR count). The first-order chi connectivity index (χ1) is 5.00. The van der Waals surface area contributed by atoms with Crippen molar-refractivity contribution in [3.63, 3.8) is 0 Å². The summed E-state index contributed by atoms with van der Waals surface area (Å²) < 4.78 is 15.2. The van der Waals surface area contributed by atoms with Crippen LogP contribution in [0.3, 0.4) is 0 Å². The lowest BCUT2D eigenvalue weighted by molar-refractivity contribution is -0.136. The van der Waals surface area contributed by atoms with Crippen LogP contribution in [0.25, 0.3) is 0 Å². The molecule has 3 nitrogen and oxygen atoms in total. The molecular formula is C7H14O3. The van der Waals surface area contributed by atoms with Gasteiger partial charge in [0.2, 0.25) is 0 Å². The third kappa shape index (κ3) is 3.82. The molecule has 0 amide bonds. The zero-order chi connectivity index (χ0) is 7.07. The van der Waals surface area contributed by atoms with Crippen molar-refractivity contribution in [2.75, 3.05) is 26.8 Å². The molecule has 1 aliphatic heterocycles. The van der Waals surface area contributed by atoms with E-state index in [1.807, 2.05) is 0 Å². The lowest BCUT2D eigenvalue weighted by atomic mass is 10.2. The summed E-state index contributed by atoms with van der Waals surface area (Å²) in [7, 11) is 0. The summed E-state index contributed by atoms with van der Waals surface area (Å²) in [6, 6.07) is 0. The molecule has 3 heteroatoms. The molecule has 1 saturated heterocycles. The lowest BCUT2D eigenvalue weighted by Gasteiger charge is -2.09. The first kappa shape index (κ1) is 7.98. The van der Waals surface area contributed by atoms with Crippen LogP contribution in [0.15, 0.2) is 0 Å². The predicted octanol–water partition coefficient (Wildman–Crippen LogP) is 1.14. The van der Waals surface area contributed by atoms with Crippen molar-refractivity contribution in [3.05, 3.63) is 0 Å². The molecule has 1 fully saturated rings. The Bertz CT molecular complexity index is 42.0. The zero-order valence-electron chi connectivity index (χ0n) is 6.17. The Balaban J connectivity index is 2.00. The molecule has 0 atom stereocenters. The minimum absolute atomic E-state index is 0.375. The van der Waals surface area contributed by atoms with Crippen LogP contribution >= 0.6 is 0 Å². The van der Waals surface area contributed by atoms with Gasteiger partial charge >= 0.3 is 0 Å². The largest absolute Gasteiger partial charge is 0.355 e. The van der Waals surface area contributed by atoms with Crippen LogP contribution < -0.4 is 0 Å². The van der Waals surface area contributed by atoms with E-state index >= 15 is 0 Å². The van der Waals surface area contributed by atoms with Crippen molar-refractivity contribution in [2.45, 2.75) is 19.3 Å².